The molecule has 0 saturated heterocycles. The van der Waals surface area contributed by atoms with Crippen molar-refractivity contribution in [1.29, 1.82) is 0 Å². The molecule has 3 heteroatoms. The lowest BCUT2D eigenvalue weighted by Gasteiger charge is -2.22. The van der Waals surface area contributed by atoms with Gasteiger partial charge in [-0.2, -0.15) is 0 Å². The van der Waals surface area contributed by atoms with Crippen LogP contribution in [0.4, 0.5) is 0 Å². The molecule has 3 rings (SSSR count). The van der Waals surface area contributed by atoms with Crippen LogP contribution in [0.2, 0.25) is 0 Å². The summed E-state index contributed by atoms with van der Waals surface area (Å²) in [6.45, 7) is 4.07. The highest BCUT2D eigenvalue weighted by molar-refractivity contribution is 7.85. The Labute approximate surface area is 143 Å². The van der Waals surface area contributed by atoms with E-state index in [1.54, 1.807) is 7.11 Å². The van der Waals surface area contributed by atoms with Crippen molar-refractivity contribution in [2.75, 3.05) is 7.11 Å². The molecule has 0 fully saturated rings. The fraction of sp³-hybridized carbons (Fsp3) is 0.143. The SMILES string of the molecule is COc1ccccc1P(=O)(c1ccccc1)c1cc(C)cc(C)c1. The minimum atomic E-state index is -3.01. The maximum atomic E-state index is 14.4. The number of ether oxygens (including phenoxy) is 1. The molecule has 0 aliphatic carbocycles. The minimum Gasteiger partial charge on any atom is -0.496 e. The Morgan fingerprint density at radius 2 is 1.33 bits per heavy atom. The Kier molecular flexibility index (Phi) is 4.59. The minimum absolute atomic E-state index is 0.656. The van der Waals surface area contributed by atoms with Gasteiger partial charge in [-0.15, -0.1) is 0 Å². The first-order valence-electron chi connectivity index (χ1n) is 7.94. The maximum absolute atomic E-state index is 14.4. The molecular formula is C21H21O2P. The first-order valence-corrected chi connectivity index (χ1v) is 9.64. The van der Waals surface area contributed by atoms with Crippen LogP contribution in [0, 0.1) is 13.8 Å². The Bertz CT molecular complexity index is 880. The third-order valence-corrected chi connectivity index (χ3v) is 7.17. The van der Waals surface area contributed by atoms with Gasteiger partial charge in [0.05, 0.1) is 12.4 Å². The highest BCUT2D eigenvalue weighted by atomic mass is 31.2. The summed E-state index contributed by atoms with van der Waals surface area (Å²) >= 11 is 0. The highest BCUT2D eigenvalue weighted by Gasteiger charge is 2.32. The van der Waals surface area contributed by atoms with E-state index >= 15 is 0 Å². The predicted octanol–water partition coefficient (Wildman–Crippen LogP) is 3.95. The molecule has 0 amide bonds. The average molecular weight is 336 g/mol. The van der Waals surface area contributed by atoms with Crippen molar-refractivity contribution < 1.29 is 9.30 Å². The van der Waals surface area contributed by atoms with Crippen LogP contribution in [0.15, 0.2) is 72.8 Å². The molecule has 0 bridgehead atoms. The molecule has 3 aromatic carbocycles. The normalized spacial score (nSPS) is 13.3. The molecule has 122 valence electrons. The number of benzene rings is 3. The summed E-state index contributed by atoms with van der Waals surface area (Å²) in [6.07, 6.45) is 0. The average Bonchev–Trinajstić information content (AvgIpc) is 2.61. The first kappa shape index (κ1) is 16.5. The smallest absolute Gasteiger partial charge is 0.174 e. The van der Waals surface area contributed by atoms with Crippen LogP contribution in [0.1, 0.15) is 11.1 Å². The summed E-state index contributed by atoms with van der Waals surface area (Å²) in [5.74, 6) is 0.656. The van der Waals surface area contributed by atoms with E-state index in [1.165, 1.54) is 0 Å². The number of hydrogen-bond acceptors (Lipinski definition) is 2. The molecule has 0 N–H and O–H groups in total. The molecule has 1 unspecified atom stereocenters. The number of methoxy groups -OCH3 is 1. The van der Waals surface area contributed by atoms with Crippen molar-refractivity contribution in [3.63, 3.8) is 0 Å². The number of hydrogen-bond donors (Lipinski definition) is 0. The molecule has 0 saturated carbocycles. The molecule has 0 heterocycles. The zero-order valence-electron chi connectivity index (χ0n) is 14.2. The van der Waals surface area contributed by atoms with Crippen LogP contribution >= 0.6 is 7.14 Å². The lowest BCUT2D eigenvalue weighted by Crippen LogP contribution is -2.26. The molecule has 24 heavy (non-hydrogen) atoms. The van der Waals surface area contributed by atoms with Gasteiger partial charge in [-0.05, 0) is 38.1 Å². The second-order valence-corrected chi connectivity index (χ2v) is 8.70. The van der Waals surface area contributed by atoms with Crippen LogP contribution in [-0.2, 0) is 4.57 Å². The van der Waals surface area contributed by atoms with Crippen molar-refractivity contribution in [2.24, 2.45) is 0 Å². The lowest BCUT2D eigenvalue weighted by atomic mass is 10.2. The van der Waals surface area contributed by atoms with E-state index in [-0.39, 0.29) is 0 Å². The summed E-state index contributed by atoms with van der Waals surface area (Å²) < 4.78 is 19.9. The summed E-state index contributed by atoms with van der Waals surface area (Å²) in [7, 11) is -1.39. The first-order chi connectivity index (χ1) is 11.6. The number of para-hydroxylation sites is 1. The topological polar surface area (TPSA) is 26.3 Å². The van der Waals surface area contributed by atoms with Gasteiger partial charge in [-0.3, -0.25) is 0 Å². The quantitative estimate of drug-likeness (QED) is 0.674. The standard InChI is InChI=1S/C21H21O2P/c1-16-13-17(2)15-19(14-16)24(22,18-9-5-4-6-10-18)21-12-8-7-11-20(21)23-3/h4-15H,1-3H3. The van der Waals surface area contributed by atoms with Crippen LogP contribution < -0.4 is 20.7 Å². The van der Waals surface area contributed by atoms with E-state index in [9.17, 15) is 4.57 Å². The predicted molar refractivity (Wildman–Crippen MR) is 102 cm³/mol. The van der Waals surface area contributed by atoms with Crippen molar-refractivity contribution in [3.05, 3.63) is 83.9 Å². The molecule has 0 aliphatic rings. The second-order valence-electron chi connectivity index (χ2n) is 5.96. The molecule has 0 aliphatic heterocycles. The zero-order valence-corrected chi connectivity index (χ0v) is 15.1. The third-order valence-electron chi connectivity index (χ3n) is 4.11. The van der Waals surface area contributed by atoms with Gasteiger partial charge in [0.15, 0.2) is 7.14 Å². The molecule has 1 atom stereocenters. The zero-order chi connectivity index (χ0) is 17.2. The van der Waals surface area contributed by atoms with E-state index in [1.807, 2.05) is 80.6 Å². The molecular weight excluding hydrogens is 315 g/mol. The van der Waals surface area contributed by atoms with Gasteiger partial charge >= 0.3 is 0 Å². The van der Waals surface area contributed by atoms with Gasteiger partial charge in [-0.1, -0.05) is 59.7 Å². The summed E-state index contributed by atoms with van der Waals surface area (Å²) in [5.41, 5.74) is 2.21. The molecule has 3 aromatic rings. The third kappa shape index (κ3) is 2.90. The highest BCUT2D eigenvalue weighted by Crippen LogP contribution is 2.45. The van der Waals surface area contributed by atoms with Gasteiger partial charge in [0, 0.05) is 10.6 Å². The summed E-state index contributed by atoms with van der Waals surface area (Å²) in [4.78, 5) is 0. The van der Waals surface area contributed by atoms with E-state index in [2.05, 4.69) is 6.07 Å². The van der Waals surface area contributed by atoms with Crippen molar-refractivity contribution in [1.82, 2.24) is 0 Å². The van der Waals surface area contributed by atoms with E-state index in [4.69, 9.17) is 4.74 Å². The van der Waals surface area contributed by atoms with E-state index < -0.39 is 7.14 Å². The fourth-order valence-corrected chi connectivity index (χ4v) is 6.08. The monoisotopic (exact) mass is 336 g/mol. The Hall–Kier alpha value is -2.31. The second kappa shape index (κ2) is 6.67. The van der Waals surface area contributed by atoms with E-state index in [0.717, 1.165) is 27.0 Å². The fourth-order valence-electron chi connectivity index (χ4n) is 3.09. The van der Waals surface area contributed by atoms with Crippen molar-refractivity contribution >= 4 is 23.1 Å². The van der Waals surface area contributed by atoms with Crippen molar-refractivity contribution in [2.45, 2.75) is 13.8 Å². The molecule has 0 radical (unpaired) electrons. The Morgan fingerprint density at radius 1 is 0.750 bits per heavy atom. The van der Waals surface area contributed by atoms with Gasteiger partial charge < -0.3 is 9.30 Å². The molecule has 2 nitrogen and oxygen atoms in total. The van der Waals surface area contributed by atoms with Gasteiger partial charge in [0.2, 0.25) is 0 Å². The summed E-state index contributed by atoms with van der Waals surface area (Å²) in [5, 5.41) is 2.40. The Balaban J connectivity index is 2.36. The number of aryl methyl sites for hydroxylation is 2. The molecule has 0 aromatic heterocycles. The van der Waals surface area contributed by atoms with Gasteiger partial charge in [0.25, 0.3) is 0 Å². The van der Waals surface area contributed by atoms with Crippen LogP contribution in [0.3, 0.4) is 0 Å². The van der Waals surface area contributed by atoms with Crippen LogP contribution in [0.25, 0.3) is 0 Å². The lowest BCUT2D eigenvalue weighted by molar-refractivity contribution is 0.418. The maximum Gasteiger partial charge on any atom is 0.174 e. The van der Waals surface area contributed by atoms with Gasteiger partial charge in [0.1, 0.15) is 5.75 Å². The van der Waals surface area contributed by atoms with Crippen molar-refractivity contribution in [3.8, 4) is 5.75 Å². The Morgan fingerprint density at radius 3 is 1.96 bits per heavy atom. The van der Waals surface area contributed by atoms with E-state index in [0.29, 0.717) is 5.75 Å². The van der Waals surface area contributed by atoms with Crippen LogP contribution in [-0.4, -0.2) is 7.11 Å². The molecule has 0 spiro atoms. The largest absolute Gasteiger partial charge is 0.496 e. The summed E-state index contributed by atoms with van der Waals surface area (Å²) in [6, 6.07) is 23.4. The van der Waals surface area contributed by atoms with Gasteiger partial charge in [-0.25, -0.2) is 0 Å². The number of rotatable bonds is 4. The van der Waals surface area contributed by atoms with Crippen LogP contribution in [0.5, 0.6) is 5.75 Å².